The van der Waals surface area contributed by atoms with Crippen LogP contribution >= 0.6 is 24.0 Å². The highest BCUT2D eigenvalue weighted by Crippen LogP contribution is 2.28. The number of unbranched alkanes of at least 4 members (excludes halogenated alkanes) is 1. The SMILES string of the molecule is CN=C(NCCCCC1CCCC1)NCCc1noc(-c2ccccn2)n1.I. The van der Waals surface area contributed by atoms with Gasteiger partial charge in [-0.25, -0.2) is 0 Å². The molecule has 2 aromatic rings. The third kappa shape index (κ3) is 7.37. The van der Waals surface area contributed by atoms with Gasteiger partial charge in [-0.05, 0) is 24.5 Å². The van der Waals surface area contributed by atoms with Crippen LogP contribution in [0.4, 0.5) is 0 Å². The summed E-state index contributed by atoms with van der Waals surface area (Å²) in [4.78, 5) is 12.9. The van der Waals surface area contributed by atoms with Crippen molar-refractivity contribution >= 4 is 29.9 Å². The first-order chi connectivity index (χ1) is 13.3. The molecular formula is C20H31IN6O. The van der Waals surface area contributed by atoms with Gasteiger partial charge >= 0.3 is 0 Å². The lowest BCUT2D eigenvalue weighted by atomic mass is 10.0. The Morgan fingerprint density at radius 2 is 2.00 bits per heavy atom. The average molecular weight is 498 g/mol. The van der Waals surface area contributed by atoms with E-state index in [-0.39, 0.29) is 24.0 Å². The van der Waals surface area contributed by atoms with E-state index in [0.717, 1.165) is 18.4 Å². The number of hydrogen-bond donors (Lipinski definition) is 2. The summed E-state index contributed by atoms with van der Waals surface area (Å²) in [6.07, 6.45) is 12.0. The molecule has 0 aromatic carbocycles. The van der Waals surface area contributed by atoms with Gasteiger partial charge in [-0.2, -0.15) is 4.98 Å². The van der Waals surface area contributed by atoms with Gasteiger partial charge in [0.05, 0.1) is 0 Å². The summed E-state index contributed by atoms with van der Waals surface area (Å²) in [5, 5.41) is 10.7. The van der Waals surface area contributed by atoms with Crippen molar-refractivity contribution in [2.75, 3.05) is 20.1 Å². The highest BCUT2D eigenvalue weighted by atomic mass is 127. The Morgan fingerprint density at radius 1 is 1.18 bits per heavy atom. The highest BCUT2D eigenvalue weighted by Gasteiger charge is 2.14. The monoisotopic (exact) mass is 498 g/mol. The molecule has 28 heavy (non-hydrogen) atoms. The third-order valence-corrected chi connectivity index (χ3v) is 5.02. The molecule has 0 unspecified atom stereocenters. The minimum absolute atomic E-state index is 0. The molecule has 154 valence electrons. The molecule has 0 aliphatic heterocycles. The minimum atomic E-state index is 0. The van der Waals surface area contributed by atoms with E-state index in [1.807, 2.05) is 18.2 Å². The minimum Gasteiger partial charge on any atom is -0.356 e. The second-order valence-electron chi connectivity index (χ2n) is 7.05. The van der Waals surface area contributed by atoms with E-state index in [1.165, 1.54) is 44.9 Å². The first-order valence-electron chi connectivity index (χ1n) is 10.0. The van der Waals surface area contributed by atoms with E-state index in [0.29, 0.717) is 30.4 Å². The van der Waals surface area contributed by atoms with E-state index in [2.05, 4.69) is 30.8 Å². The van der Waals surface area contributed by atoms with Crippen LogP contribution in [0.2, 0.25) is 0 Å². The largest absolute Gasteiger partial charge is 0.356 e. The first-order valence-corrected chi connectivity index (χ1v) is 10.0. The molecular weight excluding hydrogens is 467 g/mol. The van der Waals surface area contributed by atoms with E-state index in [1.54, 1.807) is 13.2 Å². The number of guanidine groups is 1. The van der Waals surface area contributed by atoms with Crippen molar-refractivity contribution < 1.29 is 4.52 Å². The van der Waals surface area contributed by atoms with E-state index in [9.17, 15) is 0 Å². The molecule has 7 nitrogen and oxygen atoms in total. The predicted molar refractivity (Wildman–Crippen MR) is 122 cm³/mol. The number of halogens is 1. The zero-order valence-corrected chi connectivity index (χ0v) is 18.9. The summed E-state index contributed by atoms with van der Waals surface area (Å²) < 4.78 is 5.27. The zero-order valence-electron chi connectivity index (χ0n) is 16.6. The van der Waals surface area contributed by atoms with Crippen LogP contribution in [-0.2, 0) is 6.42 Å². The number of aromatic nitrogens is 3. The van der Waals surface area contributed by atoms with Gasteiger partial charge in [0.2, 0.25) is 0 Å². The van der Waals surface area contributed by atoms with Gasteiger partial charge in [-0.15, -0.1) is 24.0 Å². The van der Waals surface area contributed by atoms with Crippen LogP contribution in [0.25, 0.3) is 11.6 Å². The number of nitrogens with one attached hydrogen (secondary N) is 2. The second-order valence-corrected chi connectivity index (χ2v) is 7.05. The van der Waals surface area contributed by atoms with Gasteiger partial charge < -0.3 is 15.2 Å². The fourth-order valence-corrected chi connectivity index (χ4v) is 3.53. The standard InChI is InChI=1S/C20H30N6O.HI/c1-21-20(23-14-6-4-10-16-8-2-3-9-16)24-15-12-18-25-19(27-26-18)17-11-5-7-13-22-17;/h5,7,11,13,16H,2-4,6,8-10,12,14-15H2,1H3,(H2,21,23,24);1H. The molecule has 2 N–H and O–H groups in total. The molecule has 2 heterocycles. The maximum absolute atomic E-state index is 5.27. The van der Waals surface area contributed by atoms with E-state index >= 15 is 0 Å². The Morgan fingerprint density at radius 3 is 2.75 bits per heavy atom. The molecule has 0 bridgehead atoms. The number of rotatable bonds is 9. The summed E-state index contributed by atoms with van der Waals surface area (Å²) in [5.41, 5.74) is 0.694. The van der Waals surface area contributed by atoms with Gasteiger partial charge in [-0.3, -0.25) is 9.98 Å². The molecule has 0 saturated heterocycles. The van der Waals surface area contributed by atoms with E-state index in [4.69, 9.17) is 4.52 Å². The van der Waals surface area contributed by atoms with Crippen molar-refractivity contribution in [2.24, 2.45) is 10.9 Å². The summed E-state index contributed by atoms with van der Waals surface area (Å²) in [6, 6.07) is 5.61. The average Bonchev–Trinajstić information content (AvgIpc) is 3.39. The van der Waals surface area contributed by atoms with E-state index < -0.39 is 0 Å². The van der Waals surface area contributed by atoms with Crippen LogP contribution in [0.15, 0.2) is 33.9 Å². The first kappa shape index (κ1) is 22.6. The van der Waals surface area contributed by atoms with Gasteiger partial charge in [-0.1, -0.05) is 49.7 Å². The smallest absolute Gasteiger partial charge is 0.276 e. The topological polar surface area (TPSA) is 88.2 Å². The summed E-state index contributed by atoms with van der Waals surface area (Å²) in [7, 11) is 1.79. The molecule has 1 fully saturated rings. The van der Waals surface area contributed by atoms with Crippen molar-refractivity contribution in [3.05, 3.63) is 30.2 Å². The molecule has 8 heteroatoms. The van der Waals surface area contributed by atoms with Crippen LogP contribution < -0.4 is 10.6 Å². The lowest BCUT2D eigenvalue weighted by Crippen LogP contribution is -2.38. The summed E-state index contributed by atoms with van der Waals surface area (Å²) >= 11 is 0. The fourth-order valence-electron chi connectivity index (χ4n) is 3.53. The zero-order chi connectivity index (χ0) is 18.7. The lowest BCUT2D eigenvalue weighted by molar-refractivity contribution is 0.421. The van der Waals surface area contributed by atoms with Crippen LogP contribution in [0.5, 0.6) is 0 Å². The van der Waals surface area contributed by atoms with Gasteiger partial charge in [0.1, 0.15) is 5.69 Å². The maximum Gasteiger partial charge on any atom is 0.276 e. The van der Waals surface area contributed by atoms with Gasteiger partial charge in [0.15, 0.2) is 11.8 Å². The Kier molecular flexibility index (Phi) is 10.2. The Bertz CT molecular complexity index is 700. The van der Waals surface area contributed by atoms with Crippen LogP contribution in [0.3, 0.4) is 0 Å². The van der Waals surface area contributed by atoms with Crippen molar-refractivity contribution in [2.45, 2.75) is 51.4 Å². The van der Waals surface area contributed by atoms with Gasteiger partial charge in [0.25, 0.3) is 5.89 Å². The molecule has 3 rings (SSSR count). The number of nitrogens with zero attached hydrogens (tertiary/aromatic N) is 4. The van der Waals surface area contributed by atoms with Crippen molar-refractivity contribution in [3.63, 3.8) is 0 Å². The molecule has 0 amide bonds. The molecule has 1 aliphatic rings. The maximum atomic E-state index is 5.27. The molecule has 1 aliphatic carbocycles. The van der Waals surface area contributed by atoms with Crippen LogP contribution in [-0.4, -0.2) is 41.2 Å². The summed E-state index contributed by atoms with van der Waals surface area (Å²) in [6.45, 7) is 1.65. The molecule has 1 saturated carbocycles. The normalized spacial score (nSPS) is 14.7. The Hall–Kier alpha value is -1.71. The second kappa shape index (κ2) is 12.7. The predicted octanol–water partition coefficient (Wildman–Crippen LogP) is 3.82. The highest BCUT2D eigenvalue weighted by molar-refractivity contribution is 14.0. The third-order valence-electron chi connectivity index (χ3n) is 5.02. The quantitative estimate of drug-likeness (QED) is 0.237. The Balaban J connectivity index is 0.00000280. The molecule has 0 radical (unpaired) electrons. The lowest BCUT2D eigenvalue weighted by Gasteiger charge is -2.12. The van der Waals surface area contributed by atoms with Crippen LogP contribution in [0, 0.1) is 5.92 Å². The number of pyridine rings is 1. The number of hydrogen-bond acceptors (Lipinski definition) is 5. The van der Waals surface area contributed by atoms with Crippen molar-refractivity contribution in [1.82, 2.24) is 25.8 Å². The molecule has 0 spiro atoms. The van der Waals surface area contributed by atoms with Gasteiger partial charge in [0, 0.05) is 32.8 Å². The molecule has 2 aromatic heterocycles. The fraction of sp³-hybridized carbons (Fsp3) is 0.600. The van der Waals surface area contributed by atoms with Crippen LogP contribution in [0.1, 0.15) is 50.8 Å². The number of aliphatic imine (C=N–C) groups is 1. The Labute approximate surface area is 184 Å². The molecule has 0 atom stereocenters. The summed E-state index contributed by atoms with van der Waals surface area (Å²) in [5.74, 6) is 2.92. The van der Waals surface area contributed by atoms with Crippen molar-refractivity contribution in [3.8, 4) is 11.6 Å². The van der Waals surface area contributed by atoms with Crippen molar-refractivity contribution in [1.29, 1.82) is 0 Å².